The summed E-state index contributed by atoms with van der Waals surface area (Å²) in [5.74, 6) is -0.882. The molecular formula is C20H26F2N2O5. The molecule has 1 amide bonds. The standard InChI is InChI=1S/C20H26F2N2O5/c1-4-29-16-9-14(17(25)28-3)5-6-15(16)10-23-11-19(21)12-24(7-8-27-2)18(26)20(19,22)13-23/h5-6,9H,4,7-8,10-13H2,1-3H3/t19-,20+/m0/s1. The number of alkyl halides is 2. The number of likely N-dealkylation sites (tertiary alicyclic amines) is 2. The first kappa shape index (κ1) is 21.4. The Morgan fingerprint density at radius 3 is 2.59 bits per heavy atom. The van der Waals surface area contributed by atoms with Gasteiger partial charge in [-0.15, -0.1) is 0 Å². The molecule has 0 unspecified atom stereocenters. The van der Waals surface area contributed by atoms with Gasteiger partial charge in [0, 0.05) is 38.9 Å². The van der Waals surface area contributed by atoms with Gasteiger partial charge in [0.05, 0.1) is 32.4 Å². The number of methoxy groups -OCH3 is 2. The Morgan fingerprint density at radius 2 is 1.97 bits per heavy atom. The number of halogens is 2. The molecule has 1 aromatic carbocycles. The van der Waals surface area contributed by atoms with E-state index >= 15 is 8.78 Å². The summed E-state index contributed by atoms with van der Waals surface area (Å²) < 4.78 is 46.1. The number of esters is 1. The van der Waals surface area contributed by atoms with Gasteiger partial charge >= 0.3 is 5.97 Å². The lowest BCUT2D eigenvalue weighted by Gasteiger charge is -2.23. The lowest BCUT2D eigenvalue weighted by atomic mass is 9.93. The van der Waals surface area contributed by atoms with Crippen molar-refractivity contribution in [1.29, 1.82) is 0 Å². The number of fused-ring (bicyclic) bond motifs is 1. The van der Waals surface area contributed by atoms with Gasteiger partial charge in [0.2, 0.25) is 5.67 Å². The maximum Gasteiger partial charge on any atom is 0.337 e. The number of ether oxygens (including phenoxy) is 3. The lowest BCUT2D eigenvalue weighted by Crippen LogP contribution is -2.47. The fraction of sp³-hybridized carbons (Fsp3) is 0.600. The molecule has 160 valence electrons. The summed E-state index contributed by atoms with van der Waals surface area (Å²) in [6.45, 7) is 1.92. The van der Waals surface area contributed by atoms with Crippen molar-refractivity contribution in [3.05, 3.63) is 29.3 Å². The van der Waals surface area contributed by atoms with Gasteiger partial charge in [-0.2, -0.15) is 0 Å². The van der Waals surface area contributed by atoms with E-state index in [0.717, 1.165) is 0 Å². The molecular weight excluding hydrogens is 386 g/mol. The number of hydrogen-bond donors (Lipinski definition) is 0. The molecule has 2 aliphatic heterocycles. The molecule has 0 aliphatic carbocycles. The van der Waals surface area contributed by atoms with Crippen LogP contribution in [0.15, 0.2) is 18.2 Å². The van der Waals surface area contributed by atoms with Crippen LogP contribution in [0.4, 0.5) is 8.78 Å². The third-order valence-electron chi connectivity index (χ3n) is 5.44. The van der Waals surface area contributed by atoms with Crippen molar-refractivity contribution in [3.63, 3.8) is 0 Å². The van der Waals surface area contributed by atoms with Crippen LogP contribution in [0.5, 0.6) is 5.75 Å². The smallest absolute Gasteiger partial charge is 0.337 e. The summed E-state index contributed by atoms with van der Waals surface area (Å²) in [4.78, 5) is 27.0. The Bertz CT molecular complexity index is 792. The molecule has 7 nitrogen and oxygen atoms in total. The fourth-order valence-electron chi connectivity index (χ4n) is 4.00. The molecule has 2 atom stereocenters. The van der Waals surface area contributed by atoms with Crippen LogP contribution >= 0.6 is 0 Å². The number of amides is 1. The first-order valence-electron chi connectivity index (χ1n) is 9.50. The first-order valence-corrected chi connectivity index (χ1v) is 9.50. The van der Waals surface area contributed by atoms with Crippen LogP contribution in [0.1, 0.15) is 22.8 Å². The largest absolute Gasteiger partial charge is 0.494 e. The minimum atomic E-state index is -2.57. The first-order chi connectivity index (χ1) is 13.8. The molecule has 0 aromatic heterocycles. The van der Waals surface area contributed by atoms with E-state index in [-0.39, 0.29) is 39.3 Å². The van der Waals surface area contributed by atoms with Crippen molar-refractivity contribution in [2.75, 3.05) is 53.6 Å². The van der Waals surface area contributed by atoms with Crippen LogP contribution in [-0.2, 0) is 20.8 Å². The van der Waals surface area contributed by atoms with Crippen LogP contribution in [0, 0.1) is 0 Å². The summed E-state index contributed by atoms with van der Waals surface area (Å²) in [5.41, 5.74) is -3.84. The van der Waals surface area contributed by atoms with E-state index in [4.69, 9.17) is 14.2 Å². The van der Waals surface area contributed by atoms with Gasteiger partial charge < -0.3 is 19.1 Å². The van der Waals surface area contributed by atoms with Gasteiger partial charge in [0.1, 0.15) is 5.75 Å². The second kappa shape index (κ2) is 8.23. The van der Waals surface area contributed by atoms with Crippen LogP contribution < -0.4 is 4.74 Å². The normalized spacial score (nSPS) is 26.7. The Kier molecular flexibility index (Phi) is 6.09. The average molecular weight is 412 g/mol. The molecule has 0 bridgehead atoms. The second-order valence-corrected chi connectivity index (χ2v) is 7.38. The Labute approximate surface area is 168 Å². The molecule has 0 N–H and O–H groups in total. The van der Waals surface area contributed by atoms with E-state index in [9.17, 15) is 9.59 Å². The van der Waals surface area contributed by atoms with Crippen molar-refractivity contribution in [2.24, 2.45) is 0 Å². The van der Waals surface area contributed by atoms with Crippen molar-refractivity contribution >= 4 is 11.9 Å². The quantitative estimate of drug-likeness (QED) is 0.604. The van der Waals surface area contributed by atoms with E-state index in [1.54, 1.807) is 30.0 Å². The zero-order valence-electron chi connectivity index (χ0n) is 16.9. The van der Waals surface area contributed by atoms with Gasteiger partial charge in [-0.3, -0.25) is 9.69 Å². The molecule has 0 spiro atoms. The third kappa shape index (κ3) is 3.81. The molecule has 0 radical (unpaired) electrons. The molecule has 2 heterocycles. The predicted molar refractivity (Wildman–Crippen MR) is 100 cm³/mol. The lowest BCUT2D eigenvalue weighted by molar-refractivity contribution is -0.139. The Morgan fingerprint density at radius 1 is 1.21 bits per heavy atom. The van der Waals surface area contributed by atoms with Crippen molar-refractivity contribution in [2.45, 2.75) is 24.8 Å². The van der Waals surface area contributed by atoms with E-state index in [1.807, 2.05) is 0 Å². The van der Waals surface area contributed by atoms with E-state index in [1.165, 1.54) is 19.1 Å². The molecule has 29 heavy (non-hydrogen) atoms. The number of benzene rings is 1. The van der Waals surface area contributed by atoms with E-state index < -0.39 is 23.2 Å². The van der Waals surface area contributed by atoms with Gasteiger partial charge in [0.25, 0.3) is 5.91 Å². The van der Waals surface area contributed by atoms with Crippen molar-refractivity contribution in [3.8, 4) is 5.75 Å². The number of nitrogens with zero attached hydrogens (tertiary/aromatic N) is 2. The zero-order chi connectivity index (χ0) is 21.2. The summed E-state index contributed by atoms with van der Waals surface area (Å²) >= 11 is 0. The number of carbonyl (C=O) groups is 2. The topological polar surface area (TPSA) is 68.3 Å². The number of hydrogen-bond acceptors (Lipinski definition) is 6. The highest BCUT2D eigenvalue weighted by Gasteiger charge is 2.70. The zero-order valence-corrected chi connectivity index (χ0v) is 16.9. The highest BCUT2D eigenvalue weighted by atomic mass is 19.2. The maximum absolute atomic E-state index is 15.4. The molecule has 9 heteroatoms. The minimum Gasteiger partial charge on any atom is -0.494 e. The van der Waals surface area contributed by atoms with Crippen LogP contribution in [0.3, 0.4) is 0 Å². The maximum atomic E-state index is 15.4. The average Bonchev–Trinajstić information content (AvgIpc) is 3.05. The molecule has 2 aliphatic rings. The van der Waals surface area contributed by atoms with Crippen molar-refractivity contribution < 1.29 is 32.6 Å². The SMILES string of the molecule is CCOc1cc(C(=O)OC)ccc1CN1C[C@]2(F)CN(CCOC)C(=O)[C@]2(F)C1. The van der Waals surface area contributed by atoms with Crippen LogP contribution in [0.25, 0.3) is 0 Å². The van der Waals surface area contributed by atoms with Crippen LogP contribution in [-0.4, -0.2) is 86.6 Å². The summed E-state index contributed by atoms with van der Waals surface area (Å²) in [6.07, 6.45) is 0. The van der Waals surface area contributed by atoms with Gasteiger partial charge in [0.15, 0.2) is 5.67 Å². The van der Waals surface area contributed by atoms with E-state index in [0.29, 0.717) is 23.5 Å². The van der Waals surface area contributed by atoms with Gasteiger partial charge in [-0.05, 0) is 19.1 Å². The monoisotopic (exact) mass is 412 g/mol. The molecule has 1 aromatic rings. The second-order valence-electron chi connectivity index (χ2n) is 7.38. The highest BCUT2D eigenvalue weighted by molar-refractivity contribution is 5.91. The molecule has 3 rings (SSSR count). The van der Waals surface area contributed by atoms with Crippen LogP contribution in [0.2, 0.25) is 0 Å². The summed E-state index contributed by atoms with van der Waals surface area (Å²) in [7, 11) is 2.76. The summed E-state index contributed by atoms with van der Waals surface area (Å²) in [6, 6.07) is 4.80. The third-order valence-corrected chi connectivity index (χ3v) is 5.44. The van der Waals surface area contributed by atoms with Gasteiger partial charge in [-0.25, -0.2) is 13.6 Å². The van der Waals surface area contributed by atoms with Gasteiger partial charge in [-0.1, -0.05) is 6.07 Å². The minimum absolute atomic E-state index is 0.163. The molecule has 2 fully saturated rings. The Balaban J connectivity index is 1.76. The fourth-order valence-corrected chi connectivity index (χ4v) is 4.00. The van der Waals surface area contributed by atoms with E-state index in [2.05, 4.69) is 0 Å². The molecule has 0 saturated carbocycles. The number of carbonyl (C=O) groups excluding carboxylic acids is 2. The summed E-state index contributed by atoms with van der Waals surface area (Å²) in [5, 5.41) is 0. The highest BCUT2D eigenvalue weighted by Crippen LogP contribution is 2.46. The number of rotatable bonds is 8. The Hall–Kier alpha value is -2.26. The predicted octanol–water partition coefficient (Wildman–Crippen LogP) is 1.59. The van der Waals surface area contributed by atoms with Crippen molar-refractivity contribution in [1.82, 2.24) is 9.80 Å². The molecule has 2 saturated heterocycles.